The topological polar surface area (TPSA) is 82.8 Å². The van der Waals surface area contributed by atoms with Crippen LogP contribution in [0.2, 0.25) is 0 Å². The molecule has 1 aromatic carbocycles. The maximum absolute atomic E-state index is 13.3. The first-order valence-electron chi connectivity index (χ1n) is 8.54. The summed E-state index contributed by atoms with van der Waals surface area (Å²) in [5.74, 6) is -0.917. The fourth-order valence-corrected chi connectivity index (χ4v) is 3.42. The van der Waals surface area contributed by atoms with E-state index < -0.39 is 23.3 Å². The van der Waals surface area contributed by atoms with Gasteiger partial charge < -0.3 is 9.47 Å². The van der Waals surface area contributed by atoms with Gasteiger partial charge in [-0.15, -0.1) is 0 Å². The van der Waals surface area contributed by atoms with Crippen LogP contribution in [0.4, 0.5) is 4.79 Å². The number of hydrogen-bond donors (Lipinski definition) is 0. The Bertz CT molecular complexity index is 675. The van der Waals surface area contributed by atoms with Crippen LogP contribution in [0, 0.1) is 0 Å². The number of nitrogens with zero attached hydrogens (tertiary/aromatic N) is 2. The summed E-state index contributed by atoms with van der Waals surface area (Å²) in [6, 6.07) is 8.40. The number of barbiturate groups is 1. The van der Waals surface area contributed by atoms with Crippen molar-refractivity contribution in [3.05, 3.63) is 35.9 Å². The Labute approximate surface area is 145 Å². The van der Waals surface area contributed by atoms with E-state index in [2.05, 4.69) is 0 Å². The largest absolute Gasteiger partial charge is 0.371 e. The molecule has 0 aromatic heterocycles. The van der Waals surface area contributed by atoms with Crippen molar-refractivity contribution in [1.82, 2.24) is 9.80 Å². The molecule has 7 heteroatoms. The Balaban J connectivity index is 1.77. The first-order chi connectivity index (χ1) is 12.1. The molecular weight excluding hydrogens is 324 g/mol. The predicted molar refractivity (Wildman–Crippen MR) is 86.7 cm³/mol. The highest BCUT2D eigenvalue weighted by Crippen LogP contribution is 2.37. The van der Waals surface area contributed by atoms with Crippen LogP contribution in [0.1, 0.15) is 18.9 Å². The fraction of sp³-hybridized carbons (Fsp3) is 0.500. The van der Waals surface area contributed by atoms with Crippen LogP contribution >= 0.6 is 0 Å². The zero-order valence-electron chi connectivity index (χ0n) is 14.0. The maximum Gasteiger partial charge on any atom is 0.333 e. The third kappa shape index (κ3) is 2.63. The number of benzene rings is 1. The molecule has 4 amide bonds. The number of carbonyl (C=O) groups excluding carboxylic acids is 3. The number of carbonyl (C=O) groups is 3. The number of urea groups is 1. The van der Waals surface area contributed by atoms with Gasteiger partial charge in [0.15, 0.2) is 5.41 Å². The van der Waals surface area contributed by atoms with E-state index in [-0.39, 0.29) is 31.7 Å². The predicted octanol–water partition coefficient (Wildman–Crippen LogP) is 0.923. The summed E-state index contributed by atoms with van der Waals surface area (Å²) in [4.78, 5) is 41.7. The highest BCUT2D eigenvalue weighted by Gasteiger charge is 2.58. The molecule has 0 aliphatic carbocycles. The van der Waals surface area contributed by atoms with E-state index in [1.165, 1.54) is 9.80 Å². The zero-order valence-corrected chi connectivity index (χ0v) is 14.0. The van der Waals surface area contributed by atoms with Crippen molar-refractivity contribution in [3.8, 4) is 0 Å². The first kappa shape index (κ1) is 16.2. The number of hydrogen-bond acceptors (Lipinski definition) is 5. The second kappa shape index (κ2) is 5.93. The summed E-state index contributed by atoms with van der Waals surface area (Å²) in [5, 5.41) is 0. The van der Waals surface area contributed by atoms with Gasteiger partial charge >= 0.3 is 6.03 Å². The molecule has 1 aromatic rings. The molecule has 2 atom stereocenters. The van der Waals surface area contributed by atoms with Crippen molar-refractivity contribution < 1.29 is 23.9 Å². The molecular formula is C18H20N2O5. The molecule has 2 unspecified atom stereocenters. The van der Waals surface area contributed by atoms with Gasteiger partial charge in [-0.25, -0.2) is 4.79 Å². The Kier molecular flexibility index (Phi) is 3.85. The Morgan fingerprint density at radius 1 is 0.960 bits per heavy atom. The number of imide groups is 2. The highest BCUT2D eigenvalue weighted by atomic mass is 16.6. The van der Waals surface area contributed by atoms with Crippen molar-refractivity contribution in [1.29, 1.82) is 0 Å². The second-order valence-corrected chi connectivity index (χ2v) is 6.65. The number of amides is 4. The van der Waals surface area contributed by atoms with E-state index in [0.717, 1.165) is 0 Å². The quantitative estimate of drug-likeness (QED) is 0.566. The van der Waals surface area contributed by atoms with Crippen LogP contribution in [0.3, 0.4) is 0 Å². The molecule has 3 fully saturated rings. The lowest BCUT2D eigenvalue weighted by atomic mass is 9.74. The van der Waals surface area contributed by atoms with Crippen molar-refractivity contribution in [2.75, 3.05) is 26.3 Å². The molecule has 0 bridgehead atoms. The van der Waals surface area contributed by atoms with E-state index >= 15 is 0 Å². The molecule has 3 heterocycles. The summed E-state index contributed by atoms with van der Waals surface area (Å²) in [7, 11) is 0. The van der Waals surface area contributed by atoms with Crippen molar-refractivity contribution in [2.24, 2.45) is 0 Å². The number of epoxide rings is 2. The third-order valence-corrected chi connectivity index (χ3v) is 5.06. The Morgan fingerprint density at radius 3 is 1.84 bits per heavy atom. The normalized spacial score (nSPS) is 31.5. The van der Waals surface area contributed by atoms with Crippen LogP contribution < -0.4 is 0 Å². The van der Waals surface area contributed by atoms with Gasteiger partial charge in [-0.2, -0.15) is 0 Å². The highest BCUT2D eigenvalue weighted by molar-refractivity contribution is 6.22. The Hall–Kier alpha value is -2.25. The smallest absolute Gasteiger partial charge is 0.333 e. The minimum absolute atomic E-state index is 0.134. The van der Waals surface area contributed by atoms with Gasteiger partial charge in [0.05, 0.1) is 38.5 Å². The maximum atomic E-state index is 13.3. The molecule has 4 rings (SSSR count). The first-order valence-corrected chi connectivity index (χ1v) is 8.54. The van der Waals surface area contributed by atoms with E-state index in [1.54, 1.807) is 31.2 Å². The molecule has 0 N–H and O–H groups in total. The lowest BCUT2D eigenvalue weighted by Gasteiger charge is -2.43. The number of ether oxygens (including phenoxy) is 2. The second-order valence-electron chi connectivity index (χ2n) is 6.65. The van der Waals surface area contributed by atoms with Gasteiger partial charge in [-0.05, 0) is 12.0 Å². The van der Waals surface area contributed by atoms with Crippen LogP contribution in [-0.2, 0) is 24.5 Å². The number of rotatable bonds is 6. The minimum Gasteiger partial charge on any atom is -0.371 e. The van der Waals surface area contributed by atoms with Crippen LogP contribution in [-0.4, -0.2) is 66.2 Å². The van der Waals surface area contributed by atoms with Gasteiger partial charge in [0.1, 0.15) is 0 Å². The van der Waals surface area contributed by atoms with Gasteiger partial charge in [-0.3, -0.25) is 19.4 Å². The monoisotopic (exact) mass is 344 g/mol. The van der Waals surface area contributed by atoms with Crippen molar-refractivity contribution >= 4 is 17.8 Å². The molecule has 7 nitrogen and oxygen atoms in total. The van der Waals surface area contributed by atoms with Crippen LogP contribution in [0.5, 0.6) is 0 Å². The molecule has 0 saturated carbocycles. The molecule has 25 heavy (non-hydrogen) atoms. The van der Waals surface area contributed by atoms with Gasteiger partial charge in [0, 0.05) is 0 Å². The molecule has 132 valence electrons. The van der Waals surface area contributed by atoms with Gasteiger partial charge in [0.25, 0.3) is 11.8 Å². The van der Waals surface area contributed by atoms with E-state index in [1.807, 2.05) is 6.07 Å². The summed E-state index contributed by atoms with van der Waals surface area (Å²) < 4.78 is 10.4. The van der Waals surface area contributed by atoms with Gasteiger partial charge in [-0.1, -0.05) is 37.3 Å². The lowest BCUT2D eigenvalue weighted by Crippen LogP contribution is -2.68. The molecule has 3 aliphatic rings. The molecule has 3 saturated heterocycles. The summed E-state index contributed by atoms with van der Waals surface area (Å²) >= 11 is 0. The average Bonchev–Trinajstić information content (AvgIpc) is 3.53. The van der Waals surface area contributed by atoms with Gasteiger partial charge in [0.2, 0.25) is 0 Å². The molecule has 3 aliphatic heterocycles. The van der Waals surface area contributed by atoms with E-state index in [4.69, 9.17) is 9.47 Å². The third-order valence-electron chi connectivity index (χ3n) is 5.06. The van der Waals surface area contributed by atoms with E-state index in [9.17, 15) is 14.4 Å². The zero-order chi connectivity index (χ0) is 17.6. The summed E-state index contributed by atoms with van der Waals surface area (Å²) in [6.45, 7) is 3.22. The fourth-order valence-electron chi connectivity index (χ4n) is 3.42. The molecule has 0 spiro atoms. The van der Waals surface area contributed by atoms with Crippen LogP contribution in [0.15, 0.2) is 30.3 Å². The lowest BCUT2D eigenvalue weighted by molar-refractivity contribution is -0.152. The van der Waals surface area contributed by atoms with Crippen molar-refractivity contribution in [2.45, 2.75) is 31.0 Å². The summed E-state index contributed by atoms with van der Waals surface area (Å²) in [5.41, 5.74) is -0.762. The van der Waals surface area contributed by atoms with Crippen LogP contribution in [0.25, 0.3) is 0 Å². The SMILES string of the molecule is CCC1(c2ccccc2)C(=O)N(CC2CO2)C(=O)N(CC2CO2)C1=O. The summed E-state index contributed by atoms with van der Waals surface area (Å²) in [6.07, 6.45) is 0.0161. The molecule has 0 radical (unpaired) electrons. The average molecular weight is 344 g/mol. The minimum atomic E-state index is -1.38. The Morgan fingerprint density at radius 2 is 1.44 bits per heavy atom. The van der Waals surface area contributed by atoms with Crippen molar-refractivity contribution in [3.63, 3.8) is 0 Å². The standard InChI is InChI=1S/C18H20N2O5/c1-2-18(12-6-4-3-5-7-12)15(21)19(8-13-10-24-13)17(23)20(16(18)22)9-14-11-25-14/h3-7,13-14H,2,8-11H2,1H3. The van der Waals surface area contributed by atoms with E-state index in [0.29, 0.717) is 18.8 Å².